The van der Waals surface area contributed by atoms with Gasteiger partial charge in [-0.05, 0) is 53.4 Å². The molecule has 0 unspecified atom stereocenters. The molecule has 3 aromatic rings. The van der Waals surface area contributed by atoms with E-state index < -0.39 is 10.0 Å². The molecule has 0 radical (unpaired) electrons. The highest BCUT2D eigenvalue weighted by molar-refractivity contribution is 7.92. The monoisotopic (exact) mass is 466 g/mol. The van der Waals surface area contributed by atoms with Crippen LogP contribution in [0.1, 0.15) is 36.7 Å². The van der Waals surface area contributed by atoms with E-state index in [0.29, 0.717) is 24.4 Å². The number of rotatable bonds is 8. The highest BCUT2D eigenvalue weighted by Gasteiger charge is 2.21. The molecule has 0 fully saturated rings. The second-order valence-electron chi connectivity index (χ2n) is 8.71. The molecule has 0 saturated heterocycles. The van der Waals surface area contributed by atoms with Gasteiger partial charge in [-0.25, -0.2) is 8.42 Å². The molecule has 33 heavy (non-hydrogen) atoms. The average molecular weight is 467 g/mol. The molecule has 0 aliphatic rings. The maximum absolute atomic E-state index is 12.8. The number of nitrogens with zero attached hydrogens (tertiary/aromatic N) is 1. The summed E-state index contributed by atoms with van der Waals surface area (Å²) in [7, 11) is -2.25. The fourth-order valence-electron chi connectivity index (χ4n) is 3.22. The topological polar surface area (TPSA) is 75.7 Å². The van der Waals surface area contributed by atoms with Crippen molar-refractivity contribution in [1.29, 1.82) is 0 Å². The van der Waals surface area contributed by atoms with E-state index in [-0.39, 0.29) is 16.2 Å². The van der Waals surface area contributed by atoms with E-state index in [0.717, 1.165) is 5.75 Å². The fraction of sp³-hybridized carbons (Fsp3) is 0.269. The van der Waals surface area contributed by atoms with Crippen LogP contribution >= 0.6 is 0 Å². The Labute approximate surface area is 196 Å². The molecular weight excluding hydrogens is 436 g/mol. The van der Waals surface area contributed by atoms with Gasteiger partial charge in [0.25, 0.3) is 15.9 Å². The quantitative estimate of drug-likeness (QED) is 0.492. The Balaban J connectivity index is 1.57. The van der Waals surface area contributed by atoms with Gasteiger partial charge in [-0.3, -0.25) is 9.10 Å². The van der Waals surface area contributed by atoms with E-state index in [9.17, 15) is 13.2 Å². The van der Waals surface area contributed by atoms with Crippen LogP contribution in [0.4, 0.5) is 5.69 Å². The van der Waals surface area contributed by atoms with Crippen molar-refractivity contribution in [3.05, 3.63) is 90.0 Å². The highest BCUT2D eigenvalue weighted by atomic mass is 32.2. The van der Waals surface area contributed by atoms with Gasteiger partial charge in [-0.15, -0.1) is 0 Å². The van der Waals surface area contributed by atoms with Gasteiger partial charge >= 0.3 is 0 Å². The van der Waals surface area contributed by atoms with Crippen LogP contribution in [0.25, 0.3) is 0 Å². The Morgan fingerprint density at radius 2 is 1.61 bits per heavy atom. The lowest BCUT2D eigenvalue weighted by Gasteiger charge is -2.20. The normalized spacial score (nSPS) is 11.6. The minimum Gasteiger partial charge on any atom is -0.492 e. The molecule has 1 amide bonds. The third-order valence-corrected chi connectivity index (χ3v) is 7.05. The summed E-state index contributed by atoms with van der Waals surface area (Å²) in [6.07, 6.45) is 0. The van der Waals surface area contributed by atoms with Gasteiger partial charge in [0.15, 0.2) is 0 Å². The Bertz CT molecular complexity index is 1180. The van der Waals surface area contributed by atoms with Crippen molar-refractivity contribution < 1.29 is 17.9 Å². The lowest BCUT2D eigenvalue weighted by molar-refractivity contribution is 0.0947. The Morgan fingerprint density at radius 3 is 2.24 bits per heavy atom. The summed E-state index contributed by atoms with van der Waals surface area (Å²) in [6.45, 7) is 7.11. The molecular formula is C26H30N2O4S. The minimum atomic E-state index is -3.72. The summed E-state index contributed by atoms with van der Waals surface area (Å²) in [5, 5.41) is 2.81. The van der Waals surface area contributed by atoms with Gasteiger partial charge in [-0.2, -0.15) is 0 Å². The SMILES string of the molecule is CN(c1cccc(C(=O)NCCOc2ccc(C(C)(C)C)cc2)c1)S(=O)(=O)c1ccccc1. The van der Waals surface area contributed by atoms with Crippen molar-refractivity contribution in [2.45, 2.75) is 31.1 Å². The molecule has 7 heteroatoms. The van der Waals surface area contributed by atoms with Gasteiger partial charge in [0.2, 0.25) is 0 Å². The number of sulfonamides is 1. The first-order chi connectivity index (χ1) is 15.6. The van der Waals surface area contributed by atoms with Crippen LogP contribution in [0.5, 0.6) is 5.75 Å². The lowest BCUT2D eigenvalue weighted by atomic mass is 9.87. The first kappa shape index (κ1) is 24.3. The number of anilines is 1. The van der Waals surface area contributed by atoms with E-state index in [4.69, 9.17) is 4.74 Å². The van der Waals surface area contributed by atoms with Crippen LogP contribution in [-0.2, 0) is 15.4 Å². The average Bonchev–Trinajstić information content (AvgIpc) is 2.81. The summed E-state index contributed by atoms with van der Waals surface area (Å²) < 4.78 is 32.6. The maximum atomic E-state index is 12.8. The van der Waals surface area contributed by atoms with Gasteiger partial charge in [-0.1, -0.05) is 57.2 Å². The number of ether oxygens (including phenoxy) is 1. The van der Waals surface area contributed by atoms with Crippen LogP contribution in [0.2, 0.25) is 0 Å². The van der Waals surface area contributed by atoms with Crippen molar-refractivity contribution in [2.75, 3.05) is 24.5 Å². The second-order valence-corrected chi connectivity index (χ2v) is 10.7. The Hall–Kier alpha value is -3.32. The summed E-state index contributed by atoms with van der Waals surface area (Å²) in [4.78, 5) is 12.8. The number of amides is 1. The molecule has 1 N–H and O–H groups in total. The third kappa shape index (κ3) is 6.14. The summed E-state index contributed by atoms with van der Waals surface area (Å²) >= 11 is 0. The first-order valence-electron chi connectivity index (χ1n) is 10.7. The number of carbonyl (C=O) groups excluding carboxylic acids is 1. The Morgan fingerprint density at radius 1 is 0.939 bits per heavy atom. The number of nitrogens with one attached hydrogen (secondary N) is 1. The van der Waals surface area contributed by atoms with Gasteiger partial charge in [0, 0.05) is 12.6 Å². The van der Waals surface area contributed by atoms with Crippen molar-refractivity contribution in [3.63, 3.8) is 0 Å². The van der Waals surface area contributed by atoms with Gasteiger partial charge in [0.1, 0.15) is 12.4 Å². The maximum Gasteiger partial charge on any atom is 0.264 e. The molecule has 174 valence electrons. The van der Waals surface area contributed by atoms with Crippen molar-refractivity contribution in [2.24, 2.45) is 0 Å². The highest BCUT2D eigenvalue weighted by Crippen LogP contribution is 2.24. The zero-order valence-electron chi connectivity index (χ0n) is 19.4. The number of hydrogen-bond donors (Lipinski definition) is 1. The molecule has 0 aromatic heterocycles. The molecule has 0 aliphatic heterocycles. The van der Waals surface area contributed by atoms with Crippen LogP contribution in [0.3, 0.4) is 0 Å². The summed E-state index contributed by atoms with van der Waals surface area (Å²) in [5.74, 6) is 0.445. The molecule has 3 aromatic carbocycles. The predicted octanol–water partition coefficient (Wildman–Crippen LogP) is 4.62. The molecule has 0 bridgehead atoms. The van der Waals surface area contributed by atoms with E-state index in [2.05, 4.69) is 26.1 Å². The van der Waals surface area contributed by atoms with Crippen molar-refractivity contribution in [3.8, 4) is 5.75 Å². The Kier molecular flexibility index (Phi) is 7.43. The zero-order chi connectivity index (χ0) is 24.1. The largest absolute Gasteiger partial charge is 0.492 e. The first-order valence-corrected chi connectivity index (χ1v) is 12.2. The fourth-order valence-corrected chi connectivity index (χ4v) is 4.43. The third-order valence-electron chi connectivity index (χ3n) is 5.25. The summed E-state index contributed by atoms with van der Waals surface area (Å²) in [5.41, 5.74) is 2.08. The lowest BCUT2D eigenvalue weighted by Crippen LogP contribution is -2.29. The molecule has 3 rings (SSSR count). The number of hydrogen-bond acceptors (Lipinski definition) is 4. The van der Waals surface area contributed by atoms with Crippen LogP contribution in [-0.4, -0.2) is 34.5 Å². The minimum absolute atomic E-state index is 0.0789. The summed E-state index contributed by atoms with van der Waals surface area (Å²) in [6, 6.07) is 22.6. The molecule has 6 nitrogen and oxygen atoms in total. The predicted molar refractivity (Wildman–Crippen MR) is 131 cm³/mol. The molecule has 0 spiro atoms. The van der Waals surface area contributed by atoms with Gasteiger partial charge in [0.05, 0.1) is 17.1 Å². The smallest absolute Gasteiger partial charge is 0.264 e. The molecule has 0 aliphatic carbocycles. The van der Waals surface area contributed by atoms with E-state index in [1.54, 1.807) is 54.6 Å². The molecule has 0 saturated carbocycles. The van der Waals surface area contributed by atoms with Gasteiger partial charge < -0.3 is 10.1 Å². The van der Waals surface area contributed by atoms with Crippen LogP contribution in [0.15, 0.2) is 83.8 Å². The molecule has 0 heterocycles. The van der Waals surface area contributed by atoms with E-state index >= 15 is 0 Å². The van der Waals surface area contributed by atoms with Crippen LogP contribution < -0.4 is 14.4 Å². The number of carbonyl (C=O) groups is 1. The number of benzene rings is 3. The van der Waals surface area contributed by atoms with E-state index in [1.165, 1.54) is 16.9 Å². The van der Waals surface area contributed by atoms with E-state index in [1.807, 2.05) is 24.3 Å². The second kappa shape index (κ2) is 10.1. The standard InChI is InChI=1S/C26H30N2O4S/c1-26(2,3)21-13-15-23(16-14-21)32-18-17-27-25(29)20-9-8-10-22(19-20)28(4)33(30,31)24-11-6-5-7-12-24/h5-16,19H,17-18H2,1-4H3,(H,27,29). The molecule has 0 atom stereocenters. The van der Waals surface area contributed by atoms with Crippen molar-refractivity contribution >= 4 is 21.6 Å². The van der Waals surface area contributed by atoms with Crippen molar-refractivity contribution in [1.82, 2.24) is 5.32 Å². The zero-order valence-corrected chi connectivity index (χ0v) is 20.2. The van der Waals surface area contributed by atoms with Crippen LogP contribution in [0, 0.1) is 0 Å².